The first kappa shape index (κ1) is 40.2. The smallest absolute Gasteiger partial charge is 0.253 e. The Labute approximate surface area is 329 Å². The third-order valence-corrected chi connectivity index (χ3v) is 12.2. The molecule has 2 aromatic heterocycles. The summed E-state index contributed by atoms with van der Waals surface area (Å²) in [5.41, 5.74) is 5.27. The minimum Gasteiger partial charge on any atom is -0.391 e. The zero-order chi connectivity index (χ0) is 39.3. The highest BCUT2D eigenvalue weighted by molar-refractivity contribution is 7.22. The van der Waals surface area contributed by atoms with Crippen molar-refractivity contribution in [3.8, 4) is 10.4 Å². The van der Waals surface area contributed by atoms with Crippen molar-refractivity contribution < 1.29 is 29.0 Å². The molecular weight excluding hydrogens is 739 g/mol. The number of morpholine rings is 1. The van der Waals surface area contributed by atoms with E-state index in [0.717, 1.165) is 44.6 Å². The number of nitrogens with zero attached hydrogens (tertiary/aromatic N) is 4. The largest absolute Gasteiger partial charge is 0.391 e. The van der Waals surface area contributed by atoms with Crippen LogP contribution in [0.4, 0.5) is 5.13 Å². The lowest BCUT2D eigenvalue weighted by Gasteiger charge is -2.35. The highest BCUT2D eigenvalue weighted by atomic mass is 32.1. The lowest BCUT2D eigenvalue weighted by Crippen LogP contribution is -2.57. The molecule has 4 amide bonds. The van der Waals surface area contributed by atoms with Gasteiger partial charge in [0, 0.05) is 39.0 Å². The molecule has 4 aromatic rings. The summed E-state index contributed by atoms with van der Waals surface area (Å²) in [7, 11) is 0. The van der Waals surface area contributed by atoms with Gasteiger partial charge in [0.2, 0.25) is 17.7 Å². The number of β-amino-alcohol motifs (C(OH)–C–C–N with tert-alkyl or cyclic N) is 1. The van der Waals surface area contributed by atoms with Crippen molar-refractivity contribution in [2.75, 3.05) is 44.3 Å². The number of carbonyl (C=O) groups excluding carboxylic acids is 4. The molecule has 6 rings (SSSR count). The van der Waals surface area contributed by atoms with Crippen molar-refractivity contribution in [3.05, 3.63) is 64.8 Å². The number of aromatic nitrogens is 2. The number of ether oxygens (including phenoxy) is 1. The number of anilines is 1. The van der Waals surface area contributed by atoms with Gasteiger partial charge in [0.1, 0.15) is 12.1 Å². The van der Waals surface area contributed by atoms with Gasteiger partial charge in [-0.15, -0.1) is 11.3 Å². The van der Waals surface area contributed by atoms with Crippen molar-refractivity contribution in [3.63, 3.8) is 0 Å². The van der Waals surface area contributed by atoms with E-state index < -0.39 is 29.5 Å². The second-order valence-electron chi connectivity index (χ2n) is 15.3. The number of thiazole rings is 2. The minimum absolute atomic E-state index is 0.000500. The molecule has 0 unspecified atom stereocenters. The molecule has 2 aliphatic heterocycles. The number of aryl methyl sites for hydroxylation is 1. The number of hydrogen-bond donors (Lipinski definition) is 4. The van der Waals surface area contributed by atoms with Crippen LogP contribution in [0.3, 0.4) is 0 Å². The fourth-order valence-electron chi connectivity index (χ4n) is 6.97. The highest BCUT2D eigenvalue weighted by Gasteiger charge is 2.44. The van der Waals surface area contributed by atoms with E-state index in [9.17, 15) is 24.3 Å². The zero-order valence-corrected chi connectivity index (χ0v) is 33.7. The molecule has 2 aliphatic rings. The molecule has 0 spiro atoms. The van der Waals surface area contributed by atoms with Gasteiger partial charge in [-0.3, -0.25) is 19.2 Å². The maximum absolute atomic E-state index is 14.0. The average molecular weight is 790 g/mol. The maximum Gasteiger partial charge on any atom is 0.253 e. The standard InChI is InChI=1S/C40H51N7O6S2/c1-24(26-12-14-27(15-13-26)34-25(2)42-23-54-34)43-37(51)30-21-28(48)22-47(30)38(52)35(40(3,4)5)44-32(49)11-6-7-16-41-36(50)29-9-8-10-31-33(29)45-39(55-31)46-17-19-53-20-18-46/h8-10,12-15,23-24,28,30,35,48H,6-7,11,16-22H2,1-5H3,(H,41,50)(H,43,51)(H,44,49)/t24-,28+,30-,35+/m0/s1. The van der Waals surface area contributed by atoms with E-state index in [4.69, 9.17) is 9.72 Å². The Hall–Kier alpha value is -4.44. The van der Waals surface area contributed by atoms with Crippen molar-refractivity contribution in [2.24, 2.45) is 5.41 Å². The van der Waals surface area contributed by atoms with Crippen LogP contribution in [0, 0.1) is 12.3 Å². The molecule has 0 radical (unpaired) electrons. The van der Waals surface area contributed by atoms with E-state index in [-0.39, 0.29) is 43.1 Å². The molecule has 4 heterocycles. The van der Waals surface area contributed by atoms with Crippen LogP contribution < -0.4 is 20.9 Å². The number of amides is 4. The molecule has 55 heavy (non-hydrogen) atoms. The van der Waals surface area contributed by atoms with E-state index in [2.05, 4.69) is 25.8 Å². The average Bonchev–Trinajstić information content (AvgIpc) is 3.91. The summed E-state index contributed by atoms with van der Waals surface area (Å²) < 4.78 is 6.40. The number of aliphatic hydroxyl groups excluding tert-OH is 1. The van der Waals surface area contributed by atoms with Crippen LogP contribution >= 0.6 is 22.7 Å². The van der Waals surface area contributed by atoms with E-state index >= 15 is 0 Å². The predicted molar refractivity (Wildman–Crippen MR) is 215 cm³/mol. The summed E-state index contributed by atoms with van der Waals surface area (Å²) in [6, 6.07) is 11.4. The summed E-state index contributed by atoms with van der Waals surface area (Å²) in [6.07, 6.45) is 0.460. The second-order valence-corrected chi connectivity index (χ2v) is 17.2. The number of fused-ring (bicyclic) bond motifs is 1. The van der Waals surface area contributed by atoms with E-state index in [1.54, 1.807) is 28.7 Å². The topological polar surface area (TPSA) is 166 Å². The fraction of sp³-hybridized carbons (Fsp3) is 0.500. The molecule has 2 fully saturated rings. The van der Waals surface area contributed by atoms with Crippen LogP contribution in [0.5, 0.6) is 0 Å². The highest BCUT2D eigenvalue weighted by Crippen LogP contribution is 2.32. The van der Waals surface area contributed by atoms with Gasteiger partial charge in [-0.1, -0.05) is 62.4 Å². The molecular formula is C40H51N7O6S2. The second kappa shape index (κ2) is 17.6. The Kier molecular flexibility index (Phi) is 12.9. The van der Waals surface area contributed by atoms with E-state index in [1.807, 2.05) is 76.5 Å². The van der Waals surface area contributed by atoms with Crippen LogP contribution in [0.25, 0.3) is 20.7 Å². The number of carbonyl (C=O) groups is 4. The molecule has 15 heteroatoms. The van der Waals surface area contributed by atoms with Gasteiger partial charge >= 0.3 is 0 Å². The molecule has 4 N–H and O–H groups in total. The zero-order valence-electron chi connectivity index (χ0n) is 32.1. The maximum atomic E-state index is 14.0. The number of aliphatic hydroxyl groups is 1. The first-order valence-electron chi connectivity index (χ1n) is 18.9. The summed E-state index contributed by atoms with van der Waals surface area (Å²) >= 11 is 3.14. The Bertz CT molecular complexity index is 1980. The molecule has 0 saturated carbocycles. The quantitative estimate of drug-likeness (QED) is 0.139. The van der Waals surface area contributed by atoms with Gasteiger partial charge in [-0.25, -0.2) is 9.97 Å². The van der Waals surface area contributed by atoms with E-state index in [1.165, 1.54) is 4.90 Å². The van der Waals surface area contributed by atoms with Crippen molar-refractivity contribution >= 4 is 61.7 Å². The number of nitrogens with one attached hydrogen (secondary N) is 3. The Morgan fingerprint density at radius 3 is 2.47 bits per heavy atom. The number of rotatable bonds is 13. The van der Waals surface area contributed by atoms with Gasteiger partial charge in [0.05, 0.1) is 57.2 Å². The third-order valence-electron chi connectivity index (χ3n) is 10.1. The lowest BCUT2D eigenvalue weighted by atomic mass is 9.85. The Balaban J connectivity index is 0.994. The van der Waals surface area contributed by atoms with Crippen LogP contribution in [-0.4, -0.2) is 101 Å². The molecule has 13 nitrogen and oxygen atoms in total. The predicted octanol–water partition coefficient (Wildman–Crippen LogP) is 4.84. The van der Waals surface area contributed by atoms with E-state index in [0.29, 0.717) is 43.7 Å². The van der Waals surface area contributed by atoms with Gasteiger partial charge in [-0.2, -0.15) is 0 Å². The van der Waals surface area contributed by atoms with Crippen molar-refractivity contribution in [1.82, 2.24) is 30.8 Å². The van der Waals surface area contributed by atoms with Crippen LogP contribution in [0.2, 0.25) is 0 Å². The van der Waals surface area contributed by atoms with Crippen molar-refractivity contribution in [2.45, 2.75) is 84.5 Å². The Morgan fingerprint density at radius 1 is 1.04 bits per heavy atom. The number of para-hydroxylation sites is 1. The molecule has 0 bridgehead atoms. The summed E-state index contributed by atoms with van der Waals surface area (Å²) in [4.78, 5) is 67.8. The normalized spacial score (nSPS) is 18.6. The number of likely N-dealkylation sites (tertiary alicyclic amines) is 1. The molecule has 4 atom stereocenters. The van der Waals surface area contributed by atoms with Crippen LogP contribution in [0.1, 0.15) is 81.0 Å². The molecule has 2 aromatic carbocycles. The number of benzene rings is 2. The van der Waals surface area contributed by atoms with Gasteiger partial charge in [-0.05, 0) is 55.4 Å². The van der Waals surface area contributed by atoms with Gasteiger partial charge in [0.25, 0.3) is 5.91 Å². The lowest BCUT2D eigenvalue weighted by molar-refractivity contribution is -0.144. The SMILES string of the molecule is Cc1ncsc1-c1ccc([C@H](C)NC(=O)[C@@H]2C[C@@H](O)CN2C(=O)[C@@H](NC(=O)CCCCNC(=O)c2cccc3sc(N4CCOCC4)nc23)C(C)(C)C)cc1. The van der Waals surface area contributed by atoms with Crippen molar-refractivity contribution in [1.29, 1.82) is 0 Å². The Morgan fingerprint density at radius 2 is 1.78 bits per heavy atom. The van der Waals surface area contributed by atoms with Gasteiger partial charge < -0.3 is 35.6 Å². The van der Waals surface area contributed by atoms with Crippen LogP contribution in [-0.2, 0) is 19.1 Å². The number of hydrogen-bond acceptors (Lipinski definition) is 11. The fourth-order valence-corrected chi connectivity index (χ4v) is 8.82. The summed E-state index contributed by atoms with van der Waals surface area (Å²) in [5, 5.41) is 20.4. The minimum atomic E-state index is -0.915. The van der Waals surface area contributed by atoms with Crippen LogP contribution in [0.15, 0.2) is 48.0 Å². The molecule has 0 aliphatic carbocycles. The first-order valence-corrected chi connectivity index (χ1v) is 20.6. The molecule has 2 saturated heterocycles. The monoisotopic (exact) mass is 789 g/mol. The third kappa shape index (κ3) is 9.69. The summed E-state index contributed by atoms with van der Waals surface area (Å²) in [6.45, 7) is 12.7. The number of unbranched alkanes of at least 4 members (excludes halogenated alkanes) is 1. The first-order chi connectivity index (χ1) is 26.3. The molecule has 294 valence electrons. The summed E-state index contributed by atoms with van der Waals surface area (Å²) in [5.74, 6) is -1.28. The van der Waals surface area contributed by atoms with Gasteiger partial charge in [0.15, 0.2) is 5.13 Å².